The molecule has 0 heterocycles. The molecule has 37 heavy (non-hydrogen) atoms. The van der Waals surface area contributed by atoms with Gasteiger partial charge in [-0.2, -0.15) is 13.2 Å². The molecule has 1 amide bonds. The van der Waals surface area contributed by atoms with E-state index < -0.39 is 28.7 Å². The molecule has 0 radical (unpaired) electrons. The normalized spacial score (nSPS) is 16.0. The summed E-state index contributed by atoms with van der Waals surface area (Å²) in [7, 11) is 5.58. The first-order valence-corrected chi connectivity index (χ1v) is 12.5. The molecule has 0 bridgehead atoms. The van der Waals surface area contributed by atoms with E-state index in [4.69, 9.17) is 16.3 Å². The van der Waals surface area contributed by atoms with Crippen molar-refractivity contribution in [2.45, 2.75) is 43.4 Å². The molecular formula is C29H30ClF3N2O2. The second-order valence-electron chi connectivity index (χ2n) is 9.63. The van der Waals surface area contributed by atoms with E-state index in [2.05, 4.69) is 10.2 Å². The van der Waals surface area contributed by atoms with E-state index in [1.54, 1.807) is 7.11 Å². The third-order valence-electron chi connectivity index (χ3n) is 7.37. The molecule has 0 spiro atoms. The molecule has 196 valence electrons. The molecule has 1 aliphatic carbocycles. The van der Waals surface area contributed by atoms with Crippen molar-refractivity contribution in [3.05, 3.63) is 88.4 Å². The standard InChI is InChI=1S/C29H30ClF3N2O2/c1-35(2)28(16-4-5-17-28)26(34-27(36)23-10-7-11-24(25(23)30)29(31,32)33)20-14-12-19(13-15-20)21-8-6-9-22(18-21)37-3/h6-15,18,26H,4-5,16-17H2,1-3H3,(H,34,36)/t26-/m0/s1. The Hall–Kier alpha value is -3.03. The number of benzene rings is 3. The lowest BCUT2D eigenvalue weighted by Gasteiger charge is -2.44. The van der Waals surface area contributed by atoms with Crippen LogP contribution in [-0.2, 0) is 6.18 Å². The van der Waals surface area contributed by atoms with Crippen LogP contribution in [0.1, 0.15) is 53.2 Å². The minimum Gasteiger partial charge on any atom is -0.497 e. The largest absolute Gasteiger partial charge is 0.497 e. The molecule has 0 aliphatic heterocycles. The molecule has 3 aromatic carbocycles. The summed E-state index contributed by atoms with van der Waals surface area (Å²) in [5, 5.41) is 2.47. The average molecular weight is 531 g/mol. The summed E-state index contributed by atoms with van der Waals surface area (Å²) in [5.74, 6) is 0.119. The van der Waals surface area contributed by atoms with Crippen LogP contribution in [0.15, 0.2) is 66.7 Å². The number of hydrogen-bond acceptors (Lipinski definition) is 3. The number of methoxy groups -OCH3 is 1. The fraction of sp³-hybridized carbons (Fsp3) is 0.345. The van der Waals surface area contributed by atoms with Gasteiger partial charge in [0.25, 0.3) is 5.91 Å². The summed E-state index contributed by atoms with van der Waals surface area (Å²) >= 11 is 6.09. The summed E-state index contributed by atoms with van der Waals surface area (Å²) in [6, 6.07) is 18.6. The number of nitrogens with zero attached hydrogens (tertiary/aromatic N) is 1. The van der Waals surface area contributed by atoms with Gasteiger partial charge in [-0.05, 0) is 67.9 Å². The number of carbonyl (C=O) groups excluding carboxylic acids is 1. The molecule has 0 saturated heterocycles. The Balaban J connectivity index is 1.72. The Kier molecular flexibility index (Phi) is 7.85. The van der Waals surface area contributed by atoms with Crippen LogP contribution in [-0.4, -0.2) is 37.6 Å². The molecule has 3 aromatic rings. The zero-order chi connectivity index (χ0) is 26.8. The van der Waals surface area contributed by atoms with Crippen LogP contribution >= 0.6 is 11.6 Å². The highest BCUT2D eigenvalue weighted by molar-refractivity contribution is 6.34. The summed E-state index contributed by atoms with van der Waals surface area (Å²) < 4.78 is 45.6. The lowest BCUT2D eigenvalue weighted by molar-refractivity contribution is -0.137. The number of amides is 1. The van der Waals surface area contributed by atoms with Gasteiger partial charge in [-0.25, -0.2) is 0 Å². The first-order valence-electron chi connectivity index (χ1n) is 12.2. The van der Waals surface area contributed by atoms with Crippen molar-refractivity contribution < 1.29 is 22.7 Å². The van der Waals surface area contributed by atoms with Crippen LogP contribution in [0, 0.1) is 0 Å². The van der Waals surface area contributed by atoms with Gasteiger partial charge < -0.3 is 15.0 Å². The quantitative estimate of drug-likeness (QED) is 0.346. The van der Waals surface area contributed by atoms with Crippen molar-refractivity contribution >= 4 is 17.5 Å². The number of likely N-dealkylation sites (N-methyl/N-ethyl adjacent to an activating group) is 1. The fourth-order valence-corrected chi connectivity index (χ4v) is 5.63. The van der Waals surface area contributed by atoms with E-state index in [1.165, 1.54) is 12.1 Å². The fourth-order valence-electron chi connectivity index (χ4n) is 5.32. The predicted molar refractivity (Wildman–Crippen MR) is 140 cm³/mol. The van der Waals surface area contributed by atoms with E-state index >= 15 is 0 Å². The Morgan fingerprint density at radius 1 is 1.00 bits per heavy atom. The minimum atomic E-state index is -4.65. The Morgan fingerprint density at radius 2 is 1.65 bits per heavy atom. The maximum Gasteiger partial charge on any atom is 0.417 e. The van der Waals surface area contributed by atoms with Crippen LogP contribution in [0.25, 0.3) is 11.1 Å². The van der Waals surface area contributed by atoms with Gasteiger partial charge in [-0.15, -0.1) is 0 Å². The van der Waals surface area contributed by atoms with Crippen molar-refractivity contribution in [2.75, 3.05) is 21.2 Å². The van der Waals surface area contributed by atoms with E-state index in [-0.39, 0.29) is 11.1 Å². The number of halogens is 4. The molecule has 1 saturated carbocycles. The van der Waals surface area contributed by atoms with Gasteiger partial charge in [0, 0.05) is 5.54 Å². The molecule has 4 nitrogen and oxygen atoms in total. The molecular weight excluding hydrogens is 501 g/mol. The second kappa shape index (κ2) is 10.8. The zero-order valence-corrected chi connectivity index (χ0v) is 21.8. The molecule has 1 fully saturated rings. The van der Waals surface area contributed by atoms with Gasteiger partial charge in [0.2, 0.25) is 0 Å². The number of carbonyl (C=O) groups is 1. The third kappa shape index (κ3) is 5.48. The Bertz CT molecular complexity index is 1250. The van der Waals surface area contributed by atoms with Gasteiger partial charge in [-0.1, -0.05) is 66.9 Å². The van der Waals surface area contributed by atoms with Crippen LogP contribution in [0.5, 0.6) is 5.75 Å². The summed E-state index contributed by atoms with van der Waals surface area (Å²) in [6.07, 6.45) is -0.968. The number of hydrogen-bond donors (Lipinski definition) is 1. The van der Waals surface area contributed by atoms with Crippen LogP contribution in [0.2, 0.25) is 5.02 Å². The van der Waals surface area contributed by atoms with Crippen molar-refractivity contribution in [3.8, 4) is 16.9 Å². The number of nitrogens with one attached hydrogen (secondary N) is 1. The smallest absolute Gasteiger partial charge is 0.417 e. The molecule has 8 heteroatoms. The van der Waals surface area contributed by atoms with Gasteiger partial charge in [0.1, 0.15) is 5.75 Å². The van der Waals surface area contributed by atoms with Crippen molar-refractivity contribution in [3.63, 3.8) is 0 Å². The summed E-state index contributed by atoms with van der Waals surface area (Å²) in [5.41, 5.74) is 1.25. The minimum absolute atomic E-state index is 0.193. The molecule has 0 aromatic heterocycles. The lowest BCUT2D eigenvalue weighted by atomic mass is 9.81. The van der Waals surface area contributed by atoms with Crippen LogP contribution in [0.3, 0.4) is 0 Å². The van der Waals surface area contributed by atoms with Crippen LogP contribution < -0.4 is 10.1 Å². The van der Waals surface area contributed by atoms with Crippen LogP contribution in [0.4, 0.5) is 13.2 Å². The van der Waals surface area contributed by atoms with Gasteiger partial charge in [0.05, 0.1) is 29.3 Å². The number of alkyl halides is 3. The van der Waals surface area contributed by atoms with E-state index in [1.807, 2.05) is 62.6 Å². The first kappa shape index (κ1) is 27.0. The van der Waals surface area contributed by atoms with E-state index in [0.29, 0.717) is 0 Å². The average Bonchev–Trinajstić information content (AvgIpc) is 3.38. The SMILES string of the molecule is COc1cccc(-c2ccc([C@H](NC(=O)c3cccc(C(F)(F)F)c3Cl)C3(N(C)C)CCCC3)cc2)c1. The molecule has 0 unspecified atom stereocenters. The molecule has 1 aliphatic rings. The molecule has 1 N–H and O–H groups in total. The highest BCUT2D eigenvalue weighted by Gasteiger charge is 2.45. The monoisotopic (exact) mass is 530 g/mol. The maximum absolute atomic E-state index is 13.4. The summed E-state index contributed by atoms with van der Waals surface area (Å²) in [6.45, 7) is 0. The molecule has 4 rings (SSSR count). The van der Waals surface area contributed by atoms with Gasteiger partial charge >= 0.3 is 6.18 Å². The second-order valence-corrected chi connectivity index (χ2v) is 10.0. The third-order valence-corrected chi connectivity index (χ3v) is 7.78. The summed E-state index contributed by atoms with van der Waals surface area (Å²) in [4.78, 5) is 15.5. The van der Waals surface area contributed by atoms with Crippen molar-refractivity contribution in [2.24, 2.45) is 0 Å². The van der Waals surface area contributed by atoms with Gasteiger partial charge in [0.15, 0.2) is 0 Å². The number of ether oxygens (including phenoxy) is 1. The van der Waals surface area contributed by atoms with Crippen molar-refractivity contribution in [1.82, 2.24) is 10.2 Å². The van der Waals surface area contributed by atoms with Crippen molar-refractivity contribution in [1.29, 1.82) is 0 Å². The zero-order valence-electron chi connectivity index (χ0n) is 21.0. The van der Waals surface area contributed by atoms with E-state index in [0.717, 1.165) is 54.2 Å². The van der Waals surface area contributed by atoms with E-state index in [9.17, 15) is 18.0 Å². The lowest BCUT2D eigenvalue weighted by Crippen LogP contribution is -2.53. The highest BCUT2D eigenvalue weighted by atomic mass is 35.5. The topological polar surface area (TPSA) is 41.6 Å². The first-order chi connectivity index (χ1) is 17.6. The number of rotatable bonds is 7. The Labute approximate surface area is 220 Å². The highest BCUT2D eigenvalue weighted by Crippen LogP contribution is 2.44. The molecule has 1 atom stereocenters. The Morgan fingerprint density at radius 3 is 2.24 bits per heavy atom. The maximum atomic E-state index is 13.4. The van der Waals surface area contributed by atoms with Gasteiger partial charge in [-0.3, -0.25) is 4.79 Å². The predicted octanol–water partition coefficient (Wildman–Crippen LogP) is 7.38.